The summed E-state index contributed by atoms with van der Waals surface area (Å²) in [6.07, 6.45) is -3.66. The van der Waals surface area contributed by atoms with Crippen LogP contribution in [-0.4, -0.2) is 68.6 Å². The molecule has 31 heavy (non-hydrogen) atoms. The molecule has 12 heteroatoms. The molecule has 1 aromatic heterocycles. The number of nitrogens with zero attached hydrogens (tertiary/aromatic N) is 5. The number of rotatable bonds is 2. The van der Waals surface area contributed by atoms with Crippen LogP contribution in [0.5, 0.6) is 0 Å². The van der Waals surface area contributed by atoms with Crippen molar-refractivity contribution in [1.82, 2.24) is 24.8 Å². The Balaban J connectivity index is 1.66. The van der Waals surface area contributed by atoms with Gasteiger partial charge in [0.25, 0.3) is 5.91 Å². The Morgan fingerprint density at radius 2 is 1.68 bits per heavy atom. The lowest BCUT2D eigenvalue weighted by atomic mass is 10.2. The number of carbonyl (C=O) groups excluding carboxylic acids is 2. The van der Waals surface area contributed by atoms with Crippen molar-refractivity contribution < 1.29 is 27.5 Å². The van der Waals surface area contributed by atoms with Gasteiger partial charge >= 0.3 is 12.3 Å². The Morgan fingerprint density at radius 3 is 2.23 bits per heavy atom. The monoisotopic (exact) mass is 459 g/mol. The lowest BCUT2D eigenvalue weighted by Crippen LogP contribution is -2.51. The first-order valence-corrected chi connectivity index (χ1v) is 9.79. The summed E-state index contributed by atoms with van der Waals surface area (Å²) in [5.74, 6) is -0.405. The van der Waals surface area contributed by atoms with Gasteiger partial charge in [-0.3, -0.25) is 4.79 Å². The van der Waals surface area contributed by atoms with Crippen molar-refractivity contribution in [3.05, 3.63) is 40.7 Å². The molecule has 2 amide bonds. The summed E-state index contributed by atoms with van der Waals surface area (Å²) >= 11 is 5.97. The smallest absolute Gasteiger partial charge is 0.416 e. The molecule has 2 heterocycles. The summed E-state index contributed by atoms with van der Waals surface area (Å²) in [5, 5.41) is 7.45. The molecule has 8 nitrogen and oxygen atoms in total. The number of benzene rings is 1. The van der Waals surface area contributed by atoms with Gasteiger partial charge in [0, 0.05) is 26.2 Å². The maximum atomic E-state index is 12.8. The standard InChI is InChI=1S/C19H21ClF3N5O3/c1-18(2,3)31-17(30)27-8-6-26(7-9-27)16(29)14-11-28(25-24-14)15-5-4-12(10-13(15)20)19(21,22)23/h4-5,10-11H,6-9H2,1-3H3. The van der Waals surface area contributed by atoms with Gasteiger partial charge in [0.1, 0.15) is 5.60 Å². The molecule has 1 aromatic carbocycles. The molecular formula is C19H21ClF3N5O3. The number of aromatic nitrogens is 3. The molecule has 1 fully saturated rings. The first-order chi connectivity index (χ1) is 14.3. The zero-order chi connectivity index (χ0) is 23.0. The van der Waals surface area contributed by atoms with E-state index in [0.717, 1.165) is 22.9 Å². The van der Waals surface area contributed by atoms with Gasteiger partial charge in [-0.2, -0.15) is 13.2 Å². The second-order valence-electron chi connectivity index (χ2n) is 7.97. The average molecular weight is 460 g/mol. The largest absolute Gasteiger partial charge is 0.444 e. The van der Waals surface area contributed by atoms with Crippen molar-refractivity contribution >= 4 is 23.6 Å². The molecule has 0 aliphatic carbocycles. The Hall–Kier alpha value is -2.82. The Labute approximate surface area is 181 Å². The summed E-state index contributed by atoms with van der Waals surface area (Å²) in [6, 6.07) is 2.82. The van der Waals surface area contributed by atoms with Gasteiger partial charge in [0.05, 0.1) is 22.5 Å². The molecule has 1 saturated heterocycles. The third-order valence-corrected chi connectivity index (χ3v) is 4.76. The fourth-order valence-corrected chi connectivity index (χ4v) is 3.20. The highest BCUT2D eigenvalue weighted by atomic mass is 35.5. The van der Waals surface area contributed by atoms with Gasteiger partial charge in [-0.1, -0.05) is 16.8 Å². The quantitative estimate of drug-likeness (QED) is 0.685. The normalized spacial score (nSPS) is 15.2. The number of ether oxygens (including phenoxy) is 1. The van der Waals surface area contributed by atoms with E-state index in [1.165, 1.54) is 16.0 Å². The van der Waals surface area contributed by atoms with Crippen molar-refractivity contribution in [2.75, 3.05) is 26.2 Å². The van der Waals surface area contributed by atoms with Crippen LogP contribution < -0.4 is 0 Å². The molecule has 0 saturated carbocycles. The number of hydrogen-bond acceptors (Lipinski definition) is 5. The molecule has 1 aliphatic heterocycles. The second kappa shape index (κ2) is 8.37. The Morgan fingerprint density at radius 1 is 1.06 bits per heavy atom. The molecule has 0 unspecified atom stereocenters. The lowest BCUT2D eigenvalue weighted by molar-refractivity contribution is -0.137. The van der Waals surface area contributed by atoms with Crippen LogP contribution in [-0.2, 0) is 10.9 Å². The van der Waals surface area contributed by atoms with E-state index in [-0.39, 0.29) is 29.5 Å². The maximum absolute atomic E-state index is 12.8. The fourth-order valence-electron chi connectivity index (χ4n) is 2.93. The zero-order valence-corrected chi connectivity index (χ0v) is 17.9. The van der Waals surface area contributed by atoms with E-state index in [1.54, 1.807) is 20.8 Å². The molecule has 0 N–H and O–H groups in total. The van der Waals surface area contributed by atoms with Crippen LogP contribution in [0.15, 0.2) is 24.4 Å². The van der Waals surface area contributed by atoms with Gasteiger partial charge in [0.2, 0.25) is 0 Å². The minimum Gasteiger partial charge on any atom is -0.444 e. The van der Waals surface area contributed by atoms with Gasteiger partial charge < -0.3 is 14.5 Å². The van der Waals surface area contributed by atoms with E-state index in [4.69, 9.17) is 16.3 Å². The Bertz CT molecular complexity index is 979. The number of halogens is 4. The summed E-state index contributed by atoms with van der Waals surface area (Å²) in [6.45, 7) is 6.50. The molecule has 0 radical (unpaired) electrons. The van der Waals surface area contributed by atoms with E-state index in [2.05, 4.69) is 10.3 Å². The first kappa shape index (κ1) is 22.9. The Kier molecular flexibility index (Phi) is 6.17. The first-order valence-electron chi connectivity index (χ1n) is 9.42. The summed E-state index contributed by atoms with van der Waals surface area (Å²) in [4.78, 5) is 27.9. The third-order valence-electron chi connectivity index (χ3n) is 4.45. The lowest BCUT2D eigenvalue weighted by Gasteiger charge is -2.35. The van der Waals surface area contributed by atoms with Crippen LogP contribution in [0, 0.1) is 0 Å². The van der Waals surface area contributed by atoms with Crippen molar-refractivity contribution in [2.24, 2.45) is 0 Å². The van der Waals surface area contributed by atoms with Crippen LogP contribution in [0.4, 0.5) is 18.0 Å². The highest BCUT2D eigenvalue weighted by Crippen LogP contribution is 2.33. The minimum atomic E-state index is -4.52. The van der Waals surface area contributed by atoms with E-state index in [9.17, 15) is 22.8 Å². The molecule has 1 aliphatic rings. The number of hydrogen-bond donors (Lipinski definition) is 0. The molecule has 168 valence electrons. The highest BCUT2D eigenvalue weighted by Gasteiger charge is 2.32. The van der Waals surface area contributed by atoms with Crippen LogP contribution in [0.3, 0.4) is 0 Å². The van der Waals surface area contributed by atoms with Crippen molar-refractivity contribution in [1.29, 1.82) is 0 Å². The van der Waals surface area contributed by atoms with Crippen molar-refractivity contribution in [3.63, 3.8) is 0 Å². The van der Waals surface area contributed by atoms with Crippen LogP contribution >= 0.6 is 11.6 Å². The third kappa shape index (κ3) is 5.46. The molecule has 0 bridgehead atoms. The fraction of sp³-hybridized carbons (Fsp3) is 0.474. The summed E-state index contributed by atoms with van der Waals surface area (Å²) in [5.41, 5.74) is -1.32. The van der Waals surface area contributed by atoms with Crippen LogP contribution in [0.25, 0.3) is 5.69 Å². The topological polar surface area (TPSA) is 80.6 Å². The van der Waals surface area contributed by atoms with Crippen LogP contribution in [0.1, 0.15) is 36.8 Å². The van der Waals surface area contributed by atoms with E-state index < -0.39 is 29.3 Å². The zero-order valence-electron chi connectivity index (χ0n) is 17.1. The number of carbonyl (C=O) groups is 2. The maximum Gasteiger partial charge on any atom is 0.416 e. The van der Waals surface area contributed by atoms with Gasteiger partial charge in [0.15, 0.2) is 5.69 Å². The van der Waals surface area contributed by atoms with E-state index in [1.807, 2.05) is 0 Å². The SMILES string of the molecule is CC(C)(C)OC(=O)N1CCN(C(=O)c2cn(-c3ccc(C(F)(F)F)cc3Cl)nn2)CC1. The van der Waals surface area contributed by atoms with Crippen LogP contribution in [0.2, 0.25) is 5.02 Å². The molecule has 2 aromatic rings. The van der Waals surface area contributed by atoms with Crippen molar-refractivity contribution in [2.45, 2.75) is 32.5 Å². The molecular weight excluding hydrogens is 439 g/mol. The average Bonchev–Trinajstić information content (AvgIpc) is 3.15. The number of amides is 2. The van der Waals surface area contributed by atoms with Gasteiger partial charge in [-0.15, -0.1) is 5.10 Å². The van der Waals surface area contributed by atoms with E-state index in [0.29, 0.717) is 13.1 Å². The summed E-state index contributed by atoms with van der Waals surface area (Å²) < 4.78 is 44.9. The predicted molar refractivity (Wildman–Crippen MR) is 105 cm³/mol. The molecule has 0 spiro atoms. The van der Waals surface area contributed by atoms with Gasteiger partial charge in [-0.05, 0) is 39.0 Å². The highest BCUT2D eigenvalue weighted by molar-refractivity contribution is 6.32. The second-order valence-corrected chi connectivity index (χ2v) is 8.38. The van der Waals surface area contributed by atoms with Crippen molar-refractivity contribution in [3.8, 4) is 5.69 Å². The molecule has 0 atom stereocenters. The summed E-state index contributed by atoms with van der Waals surface area (Å²) in [7, 11) is 0. The number of alkyl halides is 3. The van der Waals surface area contributed by atoms with Gasteiger partial charge in [-0.25, -0.2) is 9.48 Å². The number of piperazine rings is 1. The minimum absolute atomic E-state index is 0.0154. The predicted octanol–water partition coefficient (Wildman–Crippen LogP) is 3.63. The van der Waals surface area contributed by atoms with E-state index >= 15 is 0 Å². The molecule has 3 rings (SSSR count).